The predicted molar refractivity (Wildman–Crippen MR) is 119 cm³/mol. The summed E-state index contributed by atoms with van der Waals surface area (Å²) >= 11 is 3.16. The molecule has 0 unspecified atom stereocenters. The third-order valence-corrected chi connectivity index (χ3v) is 7.70. The van der Waals surface area contributed by atoms with E-state index < -0.39 is 0 Å². The number of benzene rings is 1. The number of hydrogen-bond donors (Lipinski definition) is 1. The van der Waals surface area contributed by atoms with E-state index in [-0.39, 0.29) is 11.8 Å². The standard InChI is InChI=1S/C22H31N3OS2/c1-4-5-6-17-9-11-18(12-10-17)20(26)23-21-24-25-22(28-21)27-14-19-13-15(2)7-8-16(19)3/h7-8,13,17-18H,4-6,9-12,14H2,1-3H3,(H,23,24,26). The molecule has 1 saturated carbocycles. The van der Waals surface area contributed by atoms with E-state index in [0.29, 0.717) is 5.13 Å². The molecule has 1 fully saturated rings. The Morgan fingerprint density at radius 3 is 2.75 bits per heavy atom. The highest BCUT2D eigenvalue weighted by Crippen LogP contribution is 2.34. The average molecular weight is 418 g/mol. The number of carbonyl (C=O) groups excluding carboxylic acids is 1. The number of aromatic nitrogens is 2. The molecule has 1 aliphatic rings. The van der Waals surface area contributed by atoms with Crippen molar-refractivity contribution in [3.8, 4) is 0 Å². The third-order valence-electron chi connectivity index (χ3n) is 5.68. The van der Waals surface area contributed by atoms with Crippen molar-refractivity contribution < 1.29 is 4.79 Å². The summed E-state index contributed by atoms with van der Waals surface area (Å²) in [5.74, 6) is 1.94. The first-order valence-electron chi connectivity index (χ1n) is 10.4. The number of aryl methyl sites for hydroxylation is 2. The van der Waals surface area contributed by atoms with E-state index in [1.807, 2.05) is 0 Å². The van der Waals surface area contributed by atoms with Crippen LogP contribution in [0, 0.1) is 25.7 Å². The highest BCUT2D eigenvalue weighted by atomic mass is 32.2. The molecule has 0 radical (unpaired) electrons. The molecule has 0 bridgehead atoms. The van der Waals surface area contributed by atoms with Gasteiger partial charge in [-0.3, -0.25) is 4.79 Å². The van der Waals surface area contributed by atoms with Gasteiger partial charge in [-0.25, -0.2) is 0 Å². The Kier molecular flexibility index (Phi) is 7.91. The molecule has 4 nitrogen and oxygen atoms in total. The maximum absolute atomic E-state index is 12.6. The zero-order valence-electron chi connectivity index (χ0n) is 17.2. The number of unbranched alkanes of at least 4 members (excludes halogenated alkanes) is 1. The molecule has 1 aliphatic carbocycles. The van der Waals surface area contributed by atoms with Crippen LogP contribution in [0.3, 0.4) is 0 Å². The molecule has 2 aromatic rings. The topological polar surface area (TPSA) is 54.9 Å². The van der Waals surface area contributed by atoms with Crippen LogP contribution in [0.2, 0.25) is 0 Å². The SMILES string of the molecule is CCCCC1CCC(C(=O)Nc2nnc(SCc3cc(C)ccc3C)s2)CC1. The van der Waals surface area contributed by atoms with Crippen molar-refractivity contribution >= 4 is 34.1 Å². The van der Waals surface area contributed by atoms with Gasteiger partial charge >= 0.3 is 0 Å². The zero-order chi connectivity index (χ0) is 19.9. The van der Waals surface area contributed by atoms with E-state index >= 15 is 0 Å². The Labute approximate surface area is 176 Å². The molecule has 6 heteroatoms. The van der Waals surface area contributed by atoms with Crippen LogP contribution < -0.4 is 5.32 Å². The summed E-state index contributed by atoms with van der Waals surface area (Å²) < 4.78 is 0.902. The maximum Gasteiger partial charge on any atom is 0.229 e. The molecular weight excluding hydrogens is 386 g/mol. The van der Waals surface area contributed by atoms with Crippen molar-refractivity contribution in [2.24, 2.45) is 11.8 Å². The van der Waals surface area contributed by atoms with Crippen LogP contribution in [-0.4, -0.2) is 16.1 Å². The second kappa shape index (κ2) is 10.4. The van der Waals surface area contributed by atoms with E-state index in [9.17, 15) is 4.79 Å². The second-order valence-corrected chi connectivity index (χ2v) is 10.1. The van der Waals surface area contributed by atoms with Gasteiger partial charge < -0.3 is 5.32 Å². The lowest BCUT2D eigenvalue weighted by molar-refractivity contribution is -0.121. The van der Waals surface area contributed by atoms with Crippen molar-refractivity contribution in [1.29, 1.82) is 0 Å². The average Bonchev–Trinajstić information content (AvgIpc) is 3.14. The van der Waals surface area contributed by atoms with Crippen molar-refractivity contribution in [2.45, 2.75) is 75.8 Å². The summed E-state index contributed by atoms with van der Waals surface area (Å²) in [5.41, 5.74) is 3.90. The highest BCUT2D eigenvalue weighted by Gasteiger charge is 2.26. The van der Waals surface area contributed by atoms with Crippen LogP contribution >= 0.6 is 23.1 Å². The minimum atomic E-state index is 0.121. The molecule has 0 aliphatic heterocycles. The fourth-order valence-corrected chi connectivity index (χ4v) is 5.65. The molecule has 1 aromatic heterocycles. The predicted octanol–water partition coefficient (Wildman–Crippen LogP) is 6.38. The molecule has 152 valence electrons. The number of nitrogens with zero attached hydrogens (tertiary/aromatic N) is 2. The van der Waals surface area contributed by atoms with Gasteiger partial charge in [0.25, 0.3) is 0 Å². The van der Waals surface area contributed by atoms with E-state index in [4.69, 9.17) is 0 Å². The Bertz CT molecular complexity index is 782. The van der Waals surface area contributed by atoms with Crippen LogP contribution in [0.1, 0.15) is 68.6 Å². The first-order chi connectivity index (χ1) is 13.5. The molecular formula is C22H31N3OS2. The summed E-state index contributed by atoms with van der Waals surface area (Å²) in [4.78, 5) is 12.6. The fourth-order valence-electron chi connectivity index (χ4n) is 3.83. The molecule has 1 heterocycles. The first-order valence-corrected chi connectivity index (χ1v) is 12.2. The van der Waals surface area contributed by atoms with Crippen LogP contribution in [0.25, 0.3) is 0 Å². The zero-order valence-corrected chi connectivity index (χ0v) is 18.8. The first kappa shape index (κ1) is 21.3. The van der Waals surface area contributed by atoms with Crippen LogP contribution in [0.5, 0.6) is 0 Å². The highest BCUT2D eigenvalue weighted by molar-refractivity contribution is 8.00. The number of amides is 1. The van der Waals surface area contributed by atoms with E-state index in [2.05, 4.69) is 54.5 Å². The van der Waals surface area contributed by atoms with E-state index in [1.165, 1.54) is 60.1 Å². The lowest BCUT2D eigenvalue weighted by atomic mass is 9.79. The summed E-state index contributed by atoms with van der Waals surface area (Å²) in [6, 6.07) is 6.52. The molecule has 3 rings (SSSR count). The molecule has 1 amide bonds. The number of anilines is 1. The second-order valence-electron chi connectivity index (χ2n) is 7.94. The lowest BCUT2D eigenvalue weighted by Gasteiger charge is -2.27. The van der Waals surface area contributed by atoms with Gasteiger partial charge in [0.1, 0.15) is 0 Å². The minimum absolute atomic E-state index is 0.121. The van der Waals surface area contributed by atoms with E-state index in [1.54, 1.807) is 11.8 Å². The molecule has 0 spiro atoms. The van der Waals surface area contributed by atoms with Crippen molar-refractivity contribution in [3.05, 3.63) is 34.9 Å². The van der Waals surface area contributed by atoms with Gasteiger partial charge in [-0.05, 0) is 56.6 Å². The van der Waals surface area contributed by atoms with Crippen LogP contribution in [0.15, 0.2) is 22.5 Å². The molecule has 1 N–H and O–H groups in total. The quantitative estimate of drug-likeness (QED) is 0.400. The number of rotatable bonds is 8. The molecule has 1 aromatic carbocycles. The van der Waals surface area contributed by atoms with Crippen molar-refractivity contribution in [2.75, 3.05) is 5.32 Å². The van der Waals surface area contributed by atoms with E-state index in [0.717, 1.165) is 28.9 Å². The monoisotopic (exact) mass is 417 g/mol. The van der Waals surface area contributed by atoms with Gasteiger partial charge in [-0.2, -0.15) is 0 Å². The lowest BCUT2D eigenvalue weighted by Crippen LogP contribution is -2.27. The van der Waals surface area contributed by atoms with Crippen molar-refractivity contribution in [1.82, 2.24) is 10.2 Å². The van der Waals surface area contributed by atoms with Gasteiger partial charge in [-0.15, -0.1) is 10.2 Å². The van der Waals surface area contributed by atoms with Crippen LogP contribution in [0.4, 0.5) is 5.13 Å². The fraction of sp³-hybridized carbons (Fsp3) is 0.591. The summed E-state index contributed by atoms with van der Waals surface area (Å²) in [6.07, 6.45) is 8.29. The van der Waals surface area contributed by atoms with Crippen LogP contribution in [-0.2, 0) is 10.5 Å². The van der Waals surface area contributed by atoms with Gasteiger partial charge in [0, 0.05) is 11.7 Å². The summed E-state index contributed by atoms with van der Waals surface area (Å²) in [6.45, 7) is 6.50. The van der Waals surface area contributed by atoms with Gasteiger partial charge in [0.05, 0.1) is 0 Å². The summed E-state index contributed by atoms with van der Waals surface area (Å²) in [7, 11) is 0. The van der Waals surface area contributed by atoms with Gasteiger partial charge in [0.15, 0.2) is 4.34 Å². The Morgan fingerprint density at radius 1 is 1.21 bits per heavy atom. The Morgan fingerprint density at radius 2 is 2.00 bits per heavy atom. The number of carbonyl (C=O) groups is 1. The van der Waals surface area contributed by atoms with Gasteiger partial charge in [-0.1, -0.05) is 73.0 Å². The van der Waals surface area contributed by atoms with Gasteiger partial charge in [0.2, 0.25) is 11.0 Å². The number of nitrogens with one attached hydrogen (secondary N) is 1. The summed E-state index contributed by atoms with van der Waals surface area (Å²) in [5, 5.41) is 12.0. The molecule has 0 atom stereocenters. The number of thioether (sulfide) groups is 1. The third kappa shape index (κ3) is 6.05. The van der Waals surface area contributed by atoms with Crippen molar-refractivity contribution in [3.63, 3.8) is 0 Å². The minimum Gasteiger partial charge on any atom is -0.300 e. The largest absolute Gasteiger partial charge is 0.300 e. The molecule has 0 saturated heterocycles. The number of hydrogen-bond acceptors (Lipinski definition) is 5. The smallest absolute Gasteiger partial charge is 0.229 e. The Hall–Kier alpha value is -1.40. The maximum atomic E-state index is 12.6. The Balaban J connectivity index is 1.46. The normalized spacial score (nSPS) is 19.5. The molecule has 28 heavy (non-hydrogen) atoms.